The standard InChI is InChI=1S/C20H23NO3S/c1-14-8-6-7-11-17(14)18(12-19(22)23)21-20(24)15(2)25-13-16-9-4-3-5-10-16/h3-11,15,18H,12-13H2,1-2H3,(H,21,24)(H,22,23). The van der Waals surface area contributed by atoms with Crippen LogP contribution in [-0.4, -0.2) is 22.2 Å². The second-order valence-electron chi connectivity index (χ2n) is 5.95. The number of nitrogens with one attached hydrogen (secondary N) is 1. The fourth-order valence-electron chi connectivity index (χ4n) is 2.55. The van der Waals surface area contributed by atoms with Gasteiger partial charge in [0.05, 0.1) is 17.7 Å². The summed E-state index contributed by atoms with van der Waals surface area (Å²) in [5.41, 5.74) is 2.98. The molecule has 0 aromatic heterocycles. The van der Waals surface area contributed by atoms with Gasteiger partial charge >= 0.3 is 5.97 Å². The summed E-state index contributed by atoms with van der Waals surface area (Å²) < 4.78 is 0. The van der Waals surface area contributed by atoms with E-state index in [-0.39, 0.29) is 17.6 Å². The number of carbonyl (C=O) groups excluding carboxylic acids is 1. The number of carboxylic acids is 1. The molecule has 0 aliphatic heterocycles. The number of aryl methyl sites for hydroxylation is 1. The highest BCUT2D eigenvalue weighted by Gasteiger charge is 2.22. The van der Waals surface area contributed by atoms with E-state index >= 15 is 0 Å². The first kappa shape index (κ1) is 19.1. The largest absolute Gasteiger partial charge is 0.481 e. The Morgan fingerprint density at radius 3 is 2.36 bits per heavy atom. The Balaban J connectivity index is 2.01. The molecular formula is C20H23NO3S. The van der Waals surface area contributed by atoms with Crippen LogP contribution in [0.1, 0.15) is 36.1 Å². The number of amides is 1. The van der Waals surface area contributed by atoms with Gasteiger partial charge in [-0.3, -0.25) is 9.59 Å². The quantitative estimate of drug-likeness (QED) is 0.751. The zero-order valence-corrected chi connectivity index (χ0v) is 15.3. The molecule has 0 spiro atoms. The van der Waals surface area contributed by atoms with E-state index in [4.69, 9.17) is 0 Å². The van der Waals surface area contributed by atoms with E-state index in [1.807, 2.05) is 68.4 Å². The monoisotopic (exact) mass is 357 g/mol. The lowest BCUT2D eigenvalue weighted by atomic mass is 9.98. The predicted molar refractivity (Wildman–Crippen MR) is 102 cm³/mol. The van der Waals surface area contributed by atoms with Crippen molar-refractivity contribution in [3.8, 4) is 0 Å². The molecule has 2 N–H and O–H groups in total. The second-order valence-corrected chi connectivity index (χ2v) is 7.28. The van der Waals surface area contributed by atoms with Crippen molar-refractivity contribution in [3.05, 3.63) is 71.3 Å². The minimum Gasteiger partial charge on any atom is -0.481 e. The smallest absolute Gasteiger partial charge is 0.305 e. The van der Waals surface area contributed by atoms with Crippen molar-refractivity contribution < 1.29 is 14.7 Å². The first-order valence-electron chi connectivity index (χ1n) is 8.20. The summed E-state index contributed by atoms with van der Waals surface area (Å²) in [5, 5.41) is 11.8. The normalized spacial score (nSPS) is 13.0. The van der Waals surface area contributed by atoms with Gasteiger partial charge in [0.15, 0.2) is 0 Å². The number of carbonyl (C=O) groups is 2. The molecule has 5 heteroatoms. The first-order chi connectivity index (χ1) is 12.0. The van der Waals surface area contributed by atoms with Gasteiger partial charge in [-0.1, -0.05) is 54.6 Å². The van der Waals surface area contributed by atoms with Gasteiger partial charge in [0.25, 0.3) is 0 Å². The molecule has 2 rings (SSSR count). The van der Waals surface area contributed by atoms with Crippen LogP contribution >= 0.6 is 11.8 Å². The van der Waals surface area contributed by atoms with Crippen molar-refractivity contribution in [1.82, 2.24) is 5.32 Å². The van der Waals surface area contributed by atoms with E-state index in [9.17, 15) is 14.7 Å². The molecule has 0 bridgehead atoms. The summed E-state index contributed by atoms with van der Waals surface area (Å²) in [6, 6.07) is 17.0. The van der Waals surface area contributed by atoms with Gasteiger partial charge in [0.2, 0.25) is 5.91 Å². The lowest BCUT2D eigenvalue weighted by Crippen LogP contribution is -2.35. The van der Waals surface area contributed by atoms with E-state index in [1.165, 1.54) is 11.8 Å². The molecule has 0 saturated carbocycles. The number of hydrogen-bond acceptors (Lipinski definition) is 3. The second kappa shape index (κ2) is 9.28. The van der Waals surface area contributed by atoms with Crippen LogP contribution in [0.2, 0.25) is 0 Å². The Labute approximate surface area is 152 Å². The average molecular weight is 357 g/mol. The zero-order valence-electron chi connectivity index (χ0n) is 14.4. The van der Waals surface area contributed by atoms with Crippen LogP contribution in [0, 0.1) is 6.92 Å². The lowest BCUT2D eigenvalue weighted by molar-refractivity contribution is -0.137. The van der Waals surface area contributed by atoms with Crippen LogP contribution in [0.25, 0.3) is 0 Å². The molecule has 4 nitrogen and oxygen atoms in total. The number of aliphatic carboxylic acids is 1. The minimum absolute atomic E-state index is 0.132. The van der Waals surface area contributed by atoms with Gasteiger partial charge in [0, 0.05) is 5.75 Å². The Morgan fingerprint density at radius 2 is 1.72 bits per heavy atom. The summed E-state index contributed by atoms with van der Waals surface area (Å²) in [7, 11) is 0. The van der Waals surface area contributed by atoms with Gasteiger partial charge in [-0.25, -0.2) is 0 Å². The summed E-state index contributed by atoms with van der Waals surface area (Å²) in [6.07, 6.45) is -0.132. The SMILES string of the molecule is Cc1ccccc1C(CC(=O)O)NC(=O)C(C)SCc1ccccc1. The average Bonchev–Trinajstić information content (AvgIpc) is 2.60. The van der Waals surface area contributed by atoms with Crippen LogP contribution in [0.3, 0.4) is 0 Å². The molecule has 0 aliphatic carbocycles. The number of rotatable bonds is 8. The minimum atomic E-state index is -0.932. The lowest BCUT2D eigenvalue weighted by Gasteiger charge is -2.21. The maximum absolute atomic E-state index is 12.5. The highest BCUT2D eigenvalue weighted by molar-refractivity contribution is 7.99. The maximum Gasteiger partial charge on any atom is 0.305 e. The van der Waals surface area contributed by atoms with E-state index < -0.39 is 12.0 Å². The Hall–Kier alpha value is -2.27. The van der Waals surface area contributed by atoms with Gasteiger partial charge < -0.3 is 10.4 Å². The van der Waals surface area contributed by atoms with Crippen molar-refractivity contribution in [3.63, 3.8) is 0 Å². The summed E-state index contributed by atoms with van der Waals surface area (Å²) in [6.45, 7) is 3.77. The highest BCUT2D eigenvalue weighted by Crippen LogP contribution is 2.23. The van der Waals surface area contributed by atoms with Crippen molar-refractivity contribution in [2.45, 2.75) is 37.3 Å². The molecule has 0 fully saturated rings. The topological polar surface area (TPSA) is 66.4 Å². The Kier molecular flexibility index (Phi) is 7.07. The maximum atomic E-state index is 12.5. The molecule has 0 heterocycles. The predicted octanol–water partition coefficient (Wildman–Crippen LogP) is 3.95. The third kappa shape index (κ3) is 5.94. The van der Waals surface area contributed by atoms with E-state index in [1.54, 1.807) is 0 Å². The van der Waals surface area contributed by atoms with Crippen molar-refractivity contribution in [2.24, 2.45) is 0 Å². The molecule has 25 heavy (non-hydrogen) atoms. The third-order valence-electron chi connectivity index (χ3n) is 3.97. The van der Waals surface area contributed by atoms with Crippen molar-refractivity contribution in [2.75, 3.05) is 0 Å². The van der Waals surface area contributed by atoms with Gasteiger partial charge in [-0.15, -0.1) is 11.8 Å². The van der Waals surface area contributed by atoms with E-state index in [0.29, 0.717) is 0 Å². The molecule has 2 aromatic carbocycles. The van der Waals surface area contributed by atoms with Gasteiger partial charge in [-0.05, 0) is 30.5 Å². The number of thioether (sulfide) groups is 1. The van der Waals surface area contributed by atoms with Crippen LogP contribution in [0.4, 0.5) is 0 Å². The fraction of sp³-hybridized carbons (Fsp3) is 0.300. The molecule has 0 saturated heterocycles. The van der Waals surface area contributed by atoms with Crippen LogP contribution < -0.4 is 5.32 Å². The Morgan fingerprint density at radius 1 is 1.08 bits per heavy atom. The van der Waals surface area contributed by atoms with E-state index in [2.05, 4.69) is 5.32 Å². The van der Waals surface area contributed by atoms with Gasteiger partial charge in [0.1, 0.15) is 0 Å². The Bertz CT molecular complexity index is 718. The first-order valence-corrected chi connectivity index (χ1v) is 9.25. The molecule has 0 aliphatic rings. The van der Waals surface area contributed by atoms with Crippen molar-refractivity contribution >= 4 is 23.6 Å². The summed E-state index contributed by atoms with van der Waals surface area (Å²) in [4.78, 5) is 23.7. The van der Waals surface area contributed by atoms with Crippen LogP contribution in [0.15, 0.2) is 54.6 Å². The zero-order chi connectivity index (χ0) is 18.2. The highest BCUT2D eigenvalue weighted by atomic mass is 32.2. The van der Waals surface area contributed by atoms with Crippen LogP contribution in [-0.2, 0) is 15.3 Å². The molecule has 0 radical (unpaired) electrons. The number of hydrogen-bond donors (Lipinski definition) is 2. The molecule has 2 unspecified atom stereocenters. The number of benzene rings is 2. The molecule has 2 atom stereocenters. The molecule has 2 aromatic rings. The summed E-state index contributed by atoms with van der Waals surface area (Å²) in [5.74, 6) is -0.336. The fourth-order valence-corrected chi connectivity index (χ4v) is 3.41. The number of carboxylic acid groups (broad SMARTS) is 1. The van der Waals surface area contributed by atoms with Crippen molar-refractivity contribution in [1.29, 1.82) is 0 Å². The van der Waals surface area contributed by atoms with E-state index in [0.717, 1.165) is 22.4 Å². The van der Waals surface area contributed by atoms with Gasteiger partial charge in [-0.2, -0.15) is 0 Å². The third-order valence-corrected chi connectivity index (χ3v) is 5.19. The van der Waals surface area contributed by atoms with Crippen LogP contribution in [0.5, 0.6) is 0 Å². The summed E-state index contributed by atoms with van der Waals surface area (Å²) >= 11 is 1.54. The molecule has 132 valence electrons. The molecule has 1 amide bonds. The molecular weight excluding hydrogens is 334 g/mol.